The summed E-state index contributed by atoms with van der Waals surface area (Å²) in [6, 6.07) is 4.60. The van der Waals surface area contributed by atoms with Crippen molar-refractivity contribution in [1.82, 2.24) is 4.98 Å². The first kappa shape index (κ1) is 15.7. The van der Waals surface area contributed by atoms with Gasteiger partial charge in [-0.05, 0) is 42.9 Å². The molecule has 3 nitrogen and oxygen atoms in total. The van der Waals surface area contributed by atoms with Gasteiger partial charge in [0.25, 0.3) is 0 Å². The Labute approximate surface area is 131 Å². The molecule has 2 rings (SSSR count). The fourth-order valence-corrected chi connectivity index (χ4v) is 3.00. The molecule has 4 heteroatoms. The van der Waals surface area contributed by atoms with Crippen molar-refractivity contribution in [3.05, 3.63) is 45.5 Å². The molecular weight excluding hydrogens is 278 g/mol. The van der Waals surface area contributed by atoms with E-state index in [1.54, 1.807) is 11.3 Å². The van der Waals surface area contributed by atoms with Crippen LogP contribution in [0, 0.1) is 6.92 Å². The van der Waals surface area contributed by atoms with Gasteiger partial charge in [0.2, 0.25) is 5.13 Å². The monoisotopic (exact) mass is 301 g/mol. The molecule has 1 aromatic carbocycles. The quantitative estimate of drug-likeness (QED) is 0.626. The van der Waals surface area contributed by atoms with Crippen molar-refractivity contribution >= 4 is 22.7 Å². The maximum absolute atomic E-state index is 4.37. The number of rotatable bonds is 6. The Morgan fingerprint density at radius 1 is 1.14 bits per heavy atom. The fraction of sp³-hybridized carbons (Fsp3) is 0.412. The number of nitrogens with one attached hydrogen (secondary N) is 1. The summed E-state index contributed by atoms with van der Waals surface area (Å²) in [5.41, 5.74) is 9.43. The predicted molar refractivity (Wildman–Crippen MR) is 92.6 cm³/mol. The third-order valence-corrected chi connectivity index (χ3v) is 4.42. The summed E-state index contributed by atoms with van der Waals surface area (Å²) in [5, 5.41) is 7.23. The van der Waals surface area contributed by atoms with Gasteiger partial charge in [0.05, 0.1) is 11.9 Å². The molecule has 0 aliphatic carbocycles. The fourth-order valence-electron chi connectivity index (χ4n) is 2.36. The lowest BCUT2D eigenvalue weighted by molar-refractivity contribution is 1.04. The summed E-state index contributed by atoms with van der Waals surface area (Å²) in [6.07, 6.45) is 5.07. The van der Waals surface area contributed by atoms with Crippen molar-refractivity contribution in [2.45, 2.75) is 47.0 Å². The van der Waals surface area contributed by atoms with Crippen LogP contribution in [0.2, 0.25) is 0 Å². The van der Waals surface area contributed by atoms with E-state index in [1.807, 2.05) is 18.5 Å². The zero-order valence-corrected chi connectivity index (χ0v) is 14.0. The first-order valence-electron chi connectivity index (χ1n) is 7.53. The second kappa shape index (κ2) is 7.36. The molecule has 0 amide bonds. The third-order valence-electron chi connectivity index (χ3n) is 3.55. The molecule has 1 heterocycles. The van der Waals surface area contributed by atoms with E-state index in [-0.39, 0.29) is 0 Å². The van der Waals surface area contributed by atoms with Crippen molar-refractivity contribution in [2.24, 2.45) is 5.10 Å². The van der Waals surface area contributed by atoms with Gasteiger partial charge in [-0.15, -0.1) is 11.3 Å². The number of anilines is 1. The van der Waals surface area contributed by atoms with Gasteiger partial charge in [0.1, 0.15) is 0 Å². The second-order valence-electron chi connectivity index (χ2n) is 5.05. The molecule has 1 aromatic heterocycles. The van der Waals surface area contributed by atoms with Crippen molar-refractivity contribution in [1.29, 1.82) is 0 Å². The van der Waals surface area contributed by atoms with E-state index >= 15 is 0 Å². The number of hydrogen-bond donors (Lipinski definition) is 1. The summed E-state index contributed by atoms with van der Waals surface area (Å²) in [5.74, 6) is 0. The molecule has 0 radical (unpaired) electrons. The number of thiazole rings is 1. The molecular formula is C17H23N3S. The van der Waals surface area contributed by atoms with Gasteiger partial charge in [-0.1, -0.05) is 32.9 Å². The van der Waals surface area contributed by atoms with E-state index in [1.165, 1.54) is 22.3 Å². The van der Waals surface area contributed by atoms with E-state index in [4.69, 9.17) is 0 Å². The highest BCUT2D eigenvalue weighted by Gasteiger charge is 2.07. The van der Waals surface area contributed by atoms with Crippen LogP contribution in [0.3, 0.4) is 0 Å². The SMILES string of the molecule is CCc1cc(CC)c(C=NNc2nc(C)cs2)c(CC)c1. The Kier molecular flexibility index (Phi) is 5.51. The van der Waals surface area contributed by atoms with Crippen molar-refractivity contribution in [3.63, 3.8) is 0 Å². The largest absolute Gasteiger partial charge is 0.253 e. The Balaban J connectivity index is 2.25. The lowest BCUT2D eigenvalue weighted by atomic mass is 9.94. The Hall–Kier alpha value is -1.68. The van der Waals surface area contributed by atoms with Gasteiger partial charge in [-0.3, -0.25) is 5.43 Å². The minimum absolute atomic E-state index is 0.838. The highest BCUT2D eigenvalue weighted by Crippen LogP contribution is 2.19. The van der Waals surface area contributed by atoms with Crippen molar-refractivity contribution < 1.29 is 0 Å². The van der Waals surface area contributed by atoms with Gasteiger partial charge < -0.3 is 0 Å². The van der Waals surface area contributed by atoms with Crippen molar-refractivity contribution in [2.75, 3.05) is 5.43 Å². The van der Waals surface area contributed by atoms with E-state index in [0.29, 0.717) is 0 Å². The molecule has 0 fully saturated rings. The maximum atomic E-state index is 4.37. The molecule has 2 aromatic rings. The minimum atomic E-state index is 0.838. The number of hydrazone groups is 1. The number of hydrogen-bond acceptors (Lipinski definition) is 4. The van der Waals surface area contributed by atoms with Gasteiger partial charge in [-0.2, -0.15) is 5.10 Å². The van der Waals surface area contributed by atoms with E-state index < -0.39 is 0 Å². The molecule has 21 heavy (non-hydrogen) atoms. The predicted octanol–water partition coefficient (Wildman–Crippen LogP) is 4.58. The van der Waals surface area contributed by atoms with Crippen LogP contribution in [-0.2, 0) is 19.3 Å². The van der Waals surface area contributed by atoms with Crippen LogP contribution >= 0.6 is 11.3 Å². The number of benzene rings is 1. The molecule has 0 aliphatic heterocycles. The van der Waals surface area contributed by atoms with Gasteiger partial charge >= 0.3 is 0 Å². The number of aromatic nitrogens is 1. The van der Waals surface area contributed by atoms with Crippen LogP contribution in [0.25, 0.3) is 0 Å². The zero-order valence-electron chi connectivity index (χ0n) is 13.2. The molecule has 0 atom stereocenters. The molecule has 0 bridgehead atoms. The highest BCUT2D eigenvalue weighted by molar-refractivity contribution is 7.13. The molecule has 1 N–H and O–H groups in total. The summed E-state index contributed by atoms with van der Waals surface area (Å²) in [6.45, 7) is 8.58. The molecule has 0 saturated heterocycles. The van der Waals surface area contributed by atoms with Crippen LogP contribution in [0.4, 0.5) is 5.13 Å². The van der Waals surface area contributed by atoms with Gasteiger partial charge in [-0.25, -0.2) is 4.98 Å². The Bertz CT molecular complexity index is 604. The smallest absolute Gasteiger partial charge is 0.203 e. The Morgan fingerprint density at radius 2 is 1.81 bits per heavy atom. The van der Waals surface area contributed by atoms with E-state index in [9.17, 15) is 0 Å². The Morgan fingerprint density at radius 3 is 2.29 bits per heavy atom. The molecule has 0 spiro atoms. The highest BCUT2D eigenvalue weighted by atomic mass is 32.1. The first-order chi connectivity index (χ1) is 10.2. The number of aryl methyl sites for hydroxylation is 4. The van der Waals surface area contributed by atoms with Crippen LogP contribution in [0.1, 0.15) is 48.7 Å². The van der Waals surface area contributed by atoms with E-state index in [2.05, 4.69) is 48.4 Å². The summed E-state index contributed by atoms with van der Waals surface area (Å²) < 4.78 is 0. The summed E-state index contributed by atoms with van der Waals surface area (Å²) >= 11 is 1.57. The number of nitrogens with zero attached hydrogens (tertiary/aromatic N) is 2. The lowest BCUT2D eigenvalue weighted by Crippen LogP contribution is -2.02. The lowest BCUT2D eigenvalue weighted by Gasteiger charge is -2.12. The van der Waals surface area contributed by atoms with Crippen LogP contribution in [0.5, 0.6) is 0 Å². The van der Waals surface area contributed by atoms with Gasteiger partial charge in [0.15, 0.2) is 0 Å². The molecule has 0 unspecified atom stereocenters. The van der Waals surface area contributed by atoms with Crippen LogP contribution in [-0.4, -0.2) is 11.2 Å². The normalized spacial score (nSPS) is 11.2. The van der Waals surface area contributed by atoms with Crippen molar-refractivity contribution in [3.8, 4) is 0 Å². The standard InChI is InChI=1S/C17H23N3S/c1-5-13-8-14(6-2)16(15(7-3)9-13)10-18-20-17-19-12(4)11-21-17/h8-11H,5-7H2,1-4H3,(H,19,20). The summed E-state index contributed by atoms with van der Waals surface area (Å²) in [4.78, 5) is 4.35. The maximum Gasteiger partial charge on any atom is 0.203 e. The third kappa shape index (κ3) is 3.91. The molecule has 0 saturated carbocycles. The zero-order chi connectivity index (χ0) is 15.2. The molecule has 112 valence electrons. The average Bonchev–Trinajstić information content (AvgIpc) is 2.92. The average molecular weight is 301 g/mol. The summed E-state index contributed by atoms with van der Waals surface area (Å²) in [7, 11) is 0. The van der Waals surface area contributed by atoms with Crippen LogP contribution in [0.15, 0.2) is 22.6 Å². The molecule has 0 aliphatic rings. The van der Waals surface area contributed by atoms with Gasteiger partial charge in [0, 0.05) is 10.9 Å². The topological polar surface area (TPSA) is 37.3 Å². The minimum Gasteiger partial charge on any atom is -0.253 e. The second-order valence-corrected chi connectivity index (χ2v) is 5.91. The van der Waals surface area contributed by atoms with E-state index in [0.717, 1.165) is 30.1 Å². The van der Waals surface area contributed by atoms with Crippen LogP contribution < -0.4 is 5.43 Å². The first-order valence-corrected chi connectivity index (χ1v) is 8.41.